The predicted octanol–water partition coefficient (Wildman–Crippen LogP) is 3.26. The maximum absolute atomic E-state index is 5.94. The van der Waals surface area contributed by atoms with E-state index in [1.807, 2.05) is 6.08 Å². The zero-order chi connectivity index (χ0) is 11.3. The Hall–Kier alpha value is -1.08. The van der Waals surface area contributed by atoms with E-state index in [1.54, 1.807) is 0 Å². The Morgan fingerprint density at radius 2 is 1.87 bits per heavy atom. The lowest BCUT2D eigenvalue weighted by atomic mass is 9.98. The Labute approximate surface area is 93.0 Å². The molecule has 0 radical (unpaired) electrons. The Balaban J connectivity index is 2.60. The van der Waals surface area contributed by atoms with Crippen molar-refractivity contribution in [1.29, 1.82) is 0 Å². The van der Waals surface area contributed by atoms with Crippen molar-refractivity contribution in [1.82, 2.24) is 0 Å². The van der Waals surface area contributed by atoms with E-state index >= 15 is 0 Å². The Bertz CT molecular complexity index is 298. The van der Waals surface area contributed by atoms with Gasteiger partial charge in [-0.2, -0.15) is 0 Å². The summed E-state index contributed by atoms with van der Waals surface area (Å²) in [5, 5.41) is 0. The molecule has 0 spiro atoms. The van der Waals surface area contributed by atoms with Gasteiger partial charge in [-0.25, -0.2) is 0 Å². The van der Waals surface area contributed by atoms with Crippen LogP contribution in [0.3, 0.4) is 0 Å². The van der Waals surface area contributed by atoms with Crippen LogP contribution in [-0.2, 0) is 6.42 Å². The van der Waals surface area contributed by atoms with Gasteiger partial charge in [0.05, 0.1) is 0 Å². The molecule has 0 saturated heterocycles. The van der Waals surface area contributed by atoms with E-state index in [4.69, 9.17) is 5.73 Å². The average Bonchev–Trinajstić information content (AvgIpc) is 2.18. The molecule has 1 heteroatoms. The molecule has 0 heterocycles. The van der Waals surface area contributed by atoms with Crippen molar-refractivity contribution in [2.24, 2.45) is 5.73 Å². The van der Waals surface area contributed by atoms with Crippen LogP contribution in [0.4, 0.5) is 0 Å². The average molecular weight is 203 g/mol. The molecule has 0 aromatic heterocycles. The first-order valence-electron chi connectivity index (χ1n) is 5.58. The highest BCUT2D eigenvalue weighted by molar-refractivity contribution is 5.25. The topological polar surface area (TPSA) is 26.0 Å². The molecule has 1 aromatic carbocycles. The van der Waals surface area contributed by atoms with Crippen molar-refractivity contribution in [3.63, 3.8) is 0 Å². The molecular formula is C14H21N. The van der Waals surface area contributed by atoms with Gasteiger partial charge >= 0.3 is 0 Å². The van der Waals surface area contributed by atoms with Gasteiger partial charge in [0.25, 0.3) is 0 Å². The van der Waals surface area contributed by atoms with Crippen LogP contribution in [0.25, 0.3) is 0 Å². The van der Waals surface area contributed by atoms with Crippen molar-refractivity contribution >= 4 is 0 Å². The van der Waals surface area contributed by atoms with Crippen LogP contribution >= 0.6 is 0 Å². The molecule has 1 nitrogen and oxygen atoms in total. The third-order valence-corrected chi connectivity index (χ3v) is 2.61. The van der Waals surface area contributed by atoms with Gasteiger partial charge in [0.1, 0.15) is 0 Å². The van der Waals surface area contributed by atoms with Gasteiger partial charge in [0.15, 0.2) is 0 Å². The van der Waals surface area contributed by atoms with Gasteiger partial charge in [-0.1, -0.05) is 44.2 Å². The molecule has 1 atom stereocenters. The first-order chi connectivity index (χ1) is 7.13. The minimum Gasteiger partial charge on any atom is -0.327 e. The summed E-state index contributed by atoms with van der Waals surface area (Å²) in [4.78, 5) is 0. The number of benzene rings is 1. The first-order valence-corrected chi connectivity index (χ1v) is 5.58. The van der Waals surface area contributed by atoms with Gasteiger partial charge in [0, 0.05) is 6.04 Å². The smallest absolute Gasteiger partial charge is 0.0114 e. The highest BCUT2D eigenvalue weighted by Crippen LogP contribution is 2.15. The Morgan fingerprint density at radius 3 is 2.33 bits per heavy atom. The summed E-state index contributed by atoms with van der Waals surface area (Å²) in [7, 11) is 0. The number of hydrogen-bond acceptors (Lipinski definition) is 1. The molecule has 0 fully saturated rings. The molecular weight excluding hydrogens is 182 g/mol. The third-order valence-electron chi connectivity index (χ3n) is 2.61. The van der Waals surface area contributed by atoms with Crippen molar-refractivity contribution in [3.05, 3.63) is 48.0 Å². The van der Waals surface area contributed by atoms with Crippen LogP contribution < -0.4 is 5.73 Å². The summed E-state index contributed by atoms with van der Waals surface area (Å²) >= 11 is 0. The van der Waals surface area contributed by atoms with Gasteiger partial charge in [-0.05, 0) is 29.9 Å². The van der Waals surface area contributed by atoms with Crippen molar-refractivity contribution < 1.29 is 0 Å². The number of nitrogens with two attached hydrogens (primary N) is 1. The zero-order valence-corrected chi connectivity index (χ0v) is 9.74. The summed E-state index contributed by atoms with van der Waals surface area (Å²) in [6.45, 7) is 8.11. The number of rotatable bonds is 5. The normalized spacial score (nSPS) is 12.8. The van der Waals surface area contributed by atoms with E-state index in [-0.39, 0.29) is 6.04 Å². The van der Waals surface area contributed by atoms with E-state index in [0.29, 0.717) is 5.92 Å². The molecule has 0 aliphatic carbocycles. The molecule has 0 aliphatic heterocycles. The van der Waals surface area contributed by atoms with Crippen LogP contribution in [-0.4, -0.2) is 6.04 Å². The van der Waals surface area contributed by atoms with Crippen LogP contribution in [0.1, 0.15) is 37.3 Å². The lowest BCUT2D eigenvalue weighted by Gasteiger charge is -2.10. The van der Waals surface area contributed by atoms with Crippen molar-refractivity contribution in [2.45, 2.75) is 38.6 Å². The minimum atomic E-state index is 0.201. The van der Waals surface area contributed by atoms with Crippen molar-refractivity contribution in [2.75, 3.05) is 0 Å². The fraction of sp³-hybridized carbons (Fsp3) is 0.429. The fourth-order valence-electron chi connectivity index (χ4n) is 1.64. The monoisotopic (exact) mass is 203 g/mol. The second-order valence-corrected chi connectivity index (χ2v) is 4.38. The van der Waals surface area contributed by atoms with Crippen LogP contribution in [0.5, 0.6) is 0 Å². The highest BCUT2D eigenvalue weighted by Gasteiger charge is 2.03. The Kier molecular flexibility index (Phi) is 4.57. The Morgan fingerprint density at radius 1 is 1.27 bits per heavy atom. The molecule has 0 amide bonds. The van der Waals surface area contributed by atoms with E-state index < -0.39 is 0 Å². The molecule has 82 valence electrons. The molecule has 2 N–H and O–H groups in total. The second-order valence-electron chi connectivity index (χ2n) is 4.38. The summed E-state index contributed by atoms with van der Waals surface area (Å²) in [6, 6.07) is 8.95. The minimum absolute atomic E-state index is 0.201. The number of hydrogen-bond donors (Lipinski definition) is 1. The molecule has 15 heavy (non-hydrogen) atoms. The summed E-state index contributed by atoms with van der Waals surface area (Å²) in [5.74, 6) is 0.598. The molecule has 1 aromatic rings. The van der Waals surface area contributed by atoms with E-state index in [2.05, 4.69) is 44.7 Å². The summed E-state index contributed by atoms with van der Waals surface area (Å²) in [6.07, 6.45) is 3.70. The molecule has 1 unspecified atom stereocenters. The van der Waals surface area contributed by atoms with Gasteiger partial charge in [-0.15, -0.1) is 6.58 Å². The van der Waals surface area contributed by atoms with Crippen molar-refractivity contribution in [3.8, 4) is 0 Å². The molecule has 0 aliphatic rings. The lowest BCUT2D eigenvalue weighted by Crippen LogP contribution is -2.21. The molecule has 0 saturated carbocycles. The SMILES string of the molecule is C=CCC(N)Cc1ccc(C(C)C)cc1. The summed E-state index contributed by atoms with van der Waals surface area (Å²) in [5.41, 5.74) is 8.64. The predicted molar refractivity (Wildman–Crippen MR) is 67.0 cm³/mol. The first kappa shape index (κ1) is 12.0. The lowest BCUT2D eigenvalue weighted by molar-refractivity contribution is 0.679. The van der Waals surface area contributed by atoms with E-state index in [1.165, 1.54) is 11.1 Å². The van der Waals surface area contributed by atoms with E-state index in [0.717, 1.165) is 12.8 Å². The summed E-state index contributed by atoms with van der Waals surface area (Å²) < 4.78 is 0. The maximum atomic E-state index is 5.94. The largest absolute Gasteiger partial charge is 0.327 e. The van der Waals surface area contributed by atoms with Gasteiger partial charge in [0.2, 0.25) is 0 Å². The van der Waals surface area contributed by atoms with Crippen LogP contribution in [0.2, 0.25) is 0 Å². The standard InChI is InChI=1S/C14H21N/c1-4-5-14(15)10-12-6-8-13(9-7-12)11(2)3/h4,6-9,11,14H,1,5,10,15H2,2-3H3. The third kappa shape index (κ3) is 3.88. The maximum Gasteiger partial charge on any atom is 0.0114 e. The zero-order valence-electron chi connectivity index (χ0n) is 9.74. The molecule has 1 rings (SSSR count). The fourth-order valence-corrected chi connectivity index (χ4v) is 1.64. The molecule has 0 bridgehead atoms. The highest BCUT2D eigenvalue weighted by atomic mass is 14.6. The van der Waals surface area contributed by atoms with Gasteiger partial charge < -0.3 is 5.73 Å². The second kappa shape index (κ2) is 5.72. The van der Waals surface area contributed by atoms with Crippen LogP contribution in [0, 0.1) is 0 Å². The quantitative estimate of drug-likeness (QED) is 0.730. The van der Waals surface area contributed by atoms with E-state index in [9.17, 15) is 0 Å². The van der Waals surface area contributed by atoms with Gasteiger partial charge in [-0.3, -0.25) is 0 Å². The van der Waals surface area contributed by atoms with Crippen LogP contribution in [0.15, 0.2) is 36.9 Å².